The summed E-state index contributed by atoms with van der Waals surface area (Å²) in [7, 11) is 0. The summed E-state index contributed by atoms with van der Waals surface area (Å²) in [6.07, 6.45) is 0.532. The van der Waals surface area contributed by atoms with Gasteiger partial charge in [0.15, 0.2) is 5.78 Å². The molecule has 2 N–H and O–H groups in total. The van der Waals surface area contributed by atoms with Gasteiger partial charge in [0.2, 0.25) is 0 Å². The summed E-state index contributed by atoms with van der Waals surface area (Å²) < 4.78 is 0. The predicted octanol–water partition coefficient (Wildman–Crippen LogP) is 3.26. The first-order valence-corrected chi connectivity index (χ1v) is 5.41. The quantitative estimate of drug-likeness (QED) is 0.743. The second kappa shape index (κ2) is 5.75. The number of hydrogen-bond acceptors (Lipinski definition) is 3. The summed E-state index contributed by atoms with van der Waals surface area (Å²) in [4.78, 5) is 11.9. The number of carbonyl (C=O) groups excluding carboxylic acids is 1. The van der Waals surface area contributed by atoms with Gasteiger partial charge < -0.3 is 5.73 Å². The van der Waals surface area contributed by atoms with E-state index in [0.717, 1.165) is 5.56 Å². The number of thiophene rings is 1. The largest absolute Gasteiger partial charge is 0.397 e. The van der Waals surface area contributed by atoms with Gasteiger partial charge in [0, 0.05) is 6.42 Å². The highest BCUT2D eigenvalue weighted by molar-refractivity contribution is 7.12. The van der Waals surface area contributed by atoms with E-state index in [2.05, 4.69) is 0 Å². The maximum Gasteiger partial charge on any atom is 0.174 e. The minimum Gasteiger partial charge on any atom is -0.397 e. The van der Waals surface area contributed by atoms with Crippen LogP contribution >= 0.6 is 11.3 Å². The molecule has 0 radical (unpaired) electrons. The molecule has 0 spiro atoms. The Morgan fingerprint density at radius 3 is 2.38 bits per heavy atom. The molecule has 0 saturated carbocycles. The molecule has 1 rings (SSSR count). The molecular weight excluding hydrogens is 182 g/mol. The SMILES string of the molecule is CC.CCC(=O)c1scc(C)c1N. The normalized spacial score (nSPS) is 8.92. The van der Waals surface area contributed by atoms with Crippen LogP contribution in [0.25, 0.3) is 0 Å². The summed E-state index contributed by atoms with van der Waals surface area (Å²) in [6, 6.07) is 0. The van der Waals surface area contributed by atoms with E-state index in [0.29, 0.717) is 17.0 Å². The number of Topliss-reactive ketones (excluding diaryl/α,β-unsaturated/α-hetero) is 1. The van der Waals surface area contributed by atoms with Gasteiger partial charge in [-0.15, -0.1) is 11.3 Å². The summed E-state index contributed by atoms with van der Waals surface area (Å²) >= 11 is 1.43. The Morgan fingerprint density at radius 2 is 2.08 bits per heavy atom. The molecule has 1 aromatic rings. The average molecular weight is 199 g/mol. The topological polar surface area (TPSA) is 43.1 Å². The van der Waals surface area contributed by atoms with Crippen molar-refractivity contribution >= 4 is 22.8 Å². The molecule has 0 aliphatic rings. The Morgan fingerprint density at radius 1 is 1.54 bits per heavy atom. The van der Waals surface area contributed by atoms with Crippen LogP contribution in [0.1, 0.15) is 42.4 Å². The van der Waals surface area contributed by atoms with Crippen molar-refractivity contribution in [3.05, 3.63) is 15.8 Å². The van der Waals surface area contributed by atoms with Gasteiger partial charge in [-0.2, -0.15) is 0 Å². The van der Waals surface area contributed by atoms with Crippen LogP contribution in [0.3, 0.4) is 0 Å². The molecule has 0 aliphatic heterocycles. The molecule has 1 heterocycles. The molecule has 0 atom stereocenters. The molecule has 3 heteroatoms. The average Bonchev–Trinajstić information content (AvgIpc) is 2.50. The summed E-state index contributed by atoms with van der Waals surface area (Å²) in [5.41, 5.74) is 7.33. The van der Waals surface area contributed by atoms with Gasteiger partial charge >= 0.3 is 0 Å². The molecule has 0 bridgehead atoms. The highest BCUT2D eigenvalue weighted by Gasteiger charge is 2.10. The fourth-order valence-corrected chi connectivity index (χ4v) is 1.82. The molecule has 0 aliphatic carbocycles. The van der Waals surface area contributed by atoms with Crippen molar-refractivity contribution in [3.63, 3.8) is 0 Å². The third kappa shape index (κ3) is 2.84. The molecule has 0 unspecified atom stereocenters. The minimum absolute atomic E-state index is 0.139. The lowest BCUT2D eigenvalue weighted by molar-refractivity contribution is 0.0993. The second-order valence-electron chi connectivity index (χ2n) is 2.44. The zero-order valence-electron chi connectivity index (χ0n) is 8.68. The summed E-state index contributed by atoms with van der Waals surface area (Å²) in [6.45, 7) is 7.76. The summed E-state index contributed by atoms with van der Waals surface area (Å²) in [5, 5.41) is 1.91. The van der Waals surface area contributed by atoms with Gasteiger partial charge in [-0.05, 0) is 17.9 Å². The Labute approximate surface area is 83.8 Å². The van der Waals surface area contributed by atoms with Gasteiger partial charge in [0.25, 0.3) is 0 Å². The zero-order valence-corrected chi connectivity index (χ0v) is 9.49. The lowest BCUT2D eigenvalue weighted by Gasteiger charge is -1.94. The van der Waals surface area contributed by atoms with E-state index in [1.165, 1.54) is 11.3 Å². The number of ketones is 1. The van der Waals surface area contributed by atoms with E-state index in [1.807, 2.05) is 33.1 Å². The number of nitrogens with two attached hydrogens (primary N) is 1. The first-order valence-electron chi connectivity index (χ1n) is 4.53. The van der Waals surface area contributed by atoms with E-state index >= 15 is 0 Å². The Hall–Kier alpha value is -0.830. The lowest BCUT2D eigenvalue weighted by atomic mass is 10.2. The molecular formula is C10H17NOS. The molecule has 0 fully saturated rings. The molecule has 2 nitrogen and oxygen atoms in total. The molecule has 0 aromatic carbocycles. The van der Waals surface area contributed by atoms with Gasteiger partial charge in [-0.25, -0.2) is 0 Å². The van der Waals surface area contributed by atoms with Crippen LogP contribution < -0.4 is 5.73 Å². The molecule has 13 heavy (non-hydrogen) atoms. The van der Waals surface area contributed by atoms with Crippen molar-refractivity contribution in [1.82, 2.24) is 0 Å². The summed E-state index contributed by atoms with van der Waals surface area (Å²) in [5.74, 6) is 0.139. The third-order valence-corrected chi connectivity index (χ3v) is 2.75. The van der Waals surface area contributed by atoms with Crippen LogP contribution in [0.4, 0.5) is 5.69 Å². The van der Waals surface area contributed by atoms with Crippen molar-refractivity contribution in [2.45, 2.75) is 34.1 Å². The van der Waals surface area contributed by atoms with Gasteiger partial charge in [0.1, 0.15) is 0 Å². The molecule has 74 valence electrons. The van der Waals surface area contributed by atoms with Crippen molar-refractivity contribution < 1.29 is 4.79 Å². The minimum atomic E-state index is 0.139. The smallest absolute Gasteiger partial charge is 0.174 e. The van der Waals surface area contributed by atoms with Crippen LogP contribution in [-0.4, -0.2) is 5.78 Å². The fourth-order valence-electron chi connectivity index (χ4n) is 0.830. The van der Waals surface area contributed by atoms with E-state index in [4.69, 9.17) is 5.73 Å². The Balaban J connectivity index is 0.000000671. The number of carbonyl (C=O) groups is 1. The number of nitrogen functional groups attached to an aromatic ring is 1. The zero-order chi connectivity index (χ0) is 10.4. The fraction of sp³-hybridized carbons (Fsp3) is 0.500. The van der Waals surface area contributed by atoms with Crippen molar-refractivity contribution in [3.8, 4) is 0 Å². The van der Waals surface area contributed by atoms with Gasteiger partial charge in [-0.3, -0.25) is 4.79 Å². The standard InChI is InChI=1S/C8H11NOS.C2H6/c1-3-6(10)8-7(9)5(2)4-11-8;1-2/h4H,3,9H2,1-2H3;1-2H3. The maximum absolute atomic E-state index is 11.2. The first-order chi connectivity index (χ1) is 6.16. The highest BCUT2D eigenvalue weighted by atomic mass is 32.1. The van der Waals surface area contributed by atoms with E-state index < -0.39 is 0 Å². The number of hydrogen-bond donors (Lipinski definition) is 1. The van der Waals surface area contributed by atoms with Crippen LogP contribution in [0, 0.1) is 6.92 Å². The van der Waals surface area contributed by atoms with Gasteiger partial charge in [0.05, 0.1) is 10.6 Å². The monoisotopic (exact) mass is 199 g/mol. The van der Waals surface area contributed by atoms with Crippen LogP contribution in [-0.2, 0) is 0 Å². The van der Waals surface area contributed by atoms with E-state index in [9.17, 15) is 4.79 Å². The van der Waals surface area contributed by atoms with Crippen molar-refractivity contribution in [2.75, 3.05) is 5.73 Å². The number of rotatable bonds is 2. The van der Waals surface area contributed by atoms with E-state index in [-0.39, 0.29) is 5.78 Å². The maximum atomic E-state index is 11.2. The molecule has 1 aromatic heterocycles. The second-order valence-corrected chi connectivity index (χ2v) is 3.32. The first kappa shape index (κ1) is 12.2. The number of aryl methyl sites for hydroxylation is 1. The Kier molecular flexibility index (Phi) is 5.39. The van der Waals surface area contributed by atoms with Crippen molar-refractivity contribution in [2.24, 2.45) is 0 Å². The molecule has 0 saturated heterocycles. The lowest BCUT2D eigenvalue weighted by Crippen LogP contribution is -1.98. The van der Waals surface area contributed by atoms with E-state index in [1.54, 1.807) is 0 Å². The third-order valence-electron chi connectivity index (χ3n) is 1.60. The molecule has 0 amide bonds. The Bertz CT molecular complexity index is 278. The van der Waals surface area contributed by atoms with Crippen LogP contribution in [0.5, 0.6) is 0 Å². The van der Waals surface area contributed by atoms with Crippen LogP contribution in [0.2, 0.25) is 0 Å². The van der Waals surface area contributed by atoms with Gasteiger partial charge in [-0.1, -0.05) is 20.8 Å². The predicted molar refractivity (Wildman–Crippen MR) is 59.4 cm³/mol. The number of anilines is 1. The van der Waals surface area contributed by atoms with Crippen LogP contribution in [0.15, 0.2) is 5.38 Å². The highest BCUT2D eigenvalue weighted by Crippen LogP contribution is 2.25. The van der Waals surface area contributed by atoms with Crippen molar-refractivity contribution in [1.29, 1.82) is 0 Å².